The first-order valence-corrected chi connectivity index (χ1v) is 7.24. The highest BCUT2D eigenvalue weighted by atomic mass is 32.2. The Kier molecular flexibility index (Phi) is 4.90. The van der Waals surface area contributed by atoms with Crippen LogP contribution in [0, 0.1) is 5.92 Å². The fraction of sp³-hybridized carbons (Fsp3) is 0.600. The van der Waals surface area contributed by atoms with Gasteiger partial charge in [0.25, 0.3) is 10.0 Å². The van der Waals surface area contributed by atoms with Crippen molar-refractivity contribution in [2.45, 2.75) is 18.9 Å². The summed E-state index contributed by atoms with van der Waals surface area (Å²) < 4.78 is 27.4. The Morgan fingerprint density at radius 1 is 1.68 bits per heavy atom. The molecule has 108 valence electrons. The molecular formula is C10H19N5O3S. The van der Waals surface area contributed by atoms with Crippen molar-refractivity contribution >= 4 is 15.9 Å². The molecule has 1 aromatic heterocycles. The van der Waals surface area contributed by atoms with Gasteiger partial charge in [0, 0.05) is 26.1 Å². The topological polar surface area (TPSA) is 114 Å². The highest BCUT2D eigenvalue weighted by Gasteiger charge is 2.28. The van der Waals surface area contributed by atoms with Crippen LogP contribution in [0.1, 0.15) is 13.8 Å². The number of hydrogen-bond acceptors (Lipinski definition) is 5. The molecular weight excluding hydrogens is 270 g/mol. The van der Waals surface area contributed by atoms with E-state index in [0.717, 1.165) is 0 Å². The number of hydrogen-bond donors (Lipinski definition) is 2. The molecule has 3 N–H and O–H groups in total. The normalized spacial score (nSPS) is 14.8. The first-order valence-electron chi connectivity index (χ1n) is 5.80. The molecule has 0 radical (unpaired) electrons. The minimum atomic E-state index is -3.63. The fourth-order valence-corrected chi connectivity index (χ4v) is 3.28. The lowest BCUT2D eigenvalue weighted by molar-refractivity contribution is 0.311. The molecule has 0 saturated heterocycles. The van der Waals surface area contributed by atoms with Gasteiger partial charge >= 0.3 is 0 Å². The zero-order chi connectivity index (χ0) is 14.6. The van der Waals surface area contributed by atoms with E-state index in [9.17, 15) is 8.42 Å². The molecule has 0 aliphatic heterocycles. The number of amidine groups is 1. The molecule has 1 heterocycles. The third-order valence-electron chi connectivity index (χ3n) is 2.83. The zero-order valence-corrected chi connectivity index (χ0v) is 12.0. The second kappa shape index (κ2) is 6.02. The third-order valence-corrected chi connectivity index (χ3v) is 4.85. The quantitative estimate of drug-likeness (QED) is 0.326. The van der Waals surface area contributed by atoms with Crippen LogP contribution in [0.15, 0.2) is 22.4 Å². The number of nitrogens with two attached hydrogens (primary N) is 1. The van der Waals surface area contributed by atoms with Gasteiger partial charge in [-0.1, -0.05) is 19.0 Å². The van der Waals surface area contributed by atoms with Crippen molar-refractivity contribution in [3.8, 4) is 0 Å². The van der Waals surface area contributed by atoms with Crippen LogP contribution in [-0.2, 0) is 17.1 Å². The van der Waals surface area contributed by atoms with E-state index in [1.807, 2.05) is 0 Å². The molecule has 0 bridgehead atoms. The van der Waals surface area contributed by atoms with Crippen LogP contribution in [0.3, 0.4) is 0 Å². The Morgan fingerprint density at radius 2 is 2.32 bits per heavy atom. The summed E-state index contributed by atoms with van der Waals surface area (Å²) in [6.07, 6.45) is 1.42. The lowest BCUT2D eigenvalue weighted by Gasteiger charge is -2.23. The summed E-state index contributed by atoms with van der Waals surface area (Å²) in [4.78, 5) is 0. The van der Waals surface area contributed by atoms with Crippen molar-refractivity contribution in [2.75, 3.05) is 13.1 Å². The van der Waals surface area contributed by atoms with Gasteiger partial charge in [-0.3, -0.25) is 4.68 Å². The predicted molar refractivity (Wildman–Crippen MR) is 70.2 cm³/mol. The summed E-state index contributed by atoms with van der Waals surface area (Å²) in [6.45, 7) is 3.85. The molecule has 0 saturated carbocycles. The van der Waals surface area contributed by atoms with Gasteiger partial charge in [0.2, 0.25) is 0 Å². The van der Waals surface area contributed by atoms with Crippen LogP contribution in [0.25, 0.3) is 0 Å². The van der Waals surface area contributed by atoms with Crippen molar-refractivity contribution in [2.24, 2.45) is 23.9 Å². The lowest BCUT2D eigenvalue weighted by atomic mass is 10.1. The van der Waals surface area contributed by atoms with Gasteiger partial charge in [-0.2, -0.15) is 9.40 Å². The Bertz CT molecular complexity index is 551. The van der Waals surface area contributed by atoms with Crippen molar-refractivity contribution in [1.29, 1.82) is 0 Å². The molecule has 0 fully saturated rings. The smallest absolute Gasteiger partial charge is 0.260 e. The van der Waals surface area contributed by atoms with Gasteiger partial charge in [-0.05, 0) is 6.07 Å². The molecule has 1 aromatic rings. The van der Waals surface area contributed by atoms with Crippen molar-refractivity contribution in [3.63, 3.8) is 0 Å². The van der Waals surface area contributed by atoms with Gasteiger partial charge in [0.05, 0.1) is 6.20 Å². The van der Waals surface area contributed by atoms with Crippen molar-refractivity contribution in [3.05, 3.63) is 12.3 Å². The molecule has 8 nitrogen and oxygen atoms in total. The second-order valence-electron chi connectivity index (χ2n) is 4.17. The van der Waals surface area contributed by atoms with Crippen LogP contribution >= 0.6 is 0 Å². The fourth-order valence-electron chi connectivity index (χ4n) is 1.64. The van der Waals surface area contributed by atoms with E-state index in [1.165, 1.54) is 21.3 Å². The van der Waals surface area contributed by atoms with Crippen molar-refractivity contribution < 1.29 is 13.6 Å². The third kappa shape index (κ3) is 3.24. The van der Waals surface area contributed by atoms with E-state index >= 15 is 0 Å². The van der Waals surface area contributed by atoms with Gasteiger partial charge in [0.15, 0.2) is 5.03 Å². The molecule has 0 amide bonds. The van der Waals surface area contributed by atoms with Crippen LogP contribution in [0.2, 0.25) is 0 Å². The van der Waals surface area contributed by atoms with Crippen LogP contribution < -0.4 is 5.73 Å². The Labute approximate surface area is 112 Å². The highest BCUT2D eigenvalue weighted by Crippen LogP contribution is 2.15. The van der Waals surface area contributed by atoms with Crippen LogP contribution in [0.4, 0.5) is 0 Å². The maximum atomic E-state index is 12.4. The van der Waals surface area contributed by atoms with Gasteiger partial charge in [-0.25, -0.2) is 8.42 Å². The average molecular weight is 289 g/mol. The molecule has 0 aliphatic carbocycles. The SMILES string of the molecule is CCN(CC(C)C(N)=NO)S(=O)(=O)c1ccnn1C. The Morgan fingerprint density at radius 3 is 2.74 bits per heavy atom. The minimum absolute atomic E-state index is 0.00124. The highest BCUT2D eigenvalue weighted by molar-refractivity contribution is 7.89. The van der Waals surface area contributed by atoms with E-state index in [2.05, 4.69) is 10.3 Å². The van der Waals surface area contributed by atoms with E-state index in [4.69, 9.17) is 10.9 Å². The maximum absolute atomic E-state index is 12.4. The average Bonchev–Trinajstić information content (AvgIpc) is 2.81. The second-order valence-corrected chi connectivity index (χ2v) is 6.06. The number of rotatable bonds is 6. The number of oxime groups is 1. The standard InChI is InChI=1S/C10H19N5O3S/c1-4-15(7-8(2)10(11)13-16)19(17,18)9-5-6-12-14(9)3/h5-6,8,16H,4,7H2,1-3H3,(H2,11,13). The summed E-state index contributed by atoms with van der Waals surface area (Å²) in [5.74, 6) is -0.383. The molecule has 1 atom stereocenters. The zero-order valence-electron chi connectivity index (χ0n) is 11.2. The summed E-state index contributed by atoms with van der Waals surface area (Å²) in [6, 6.07) is 1.44. The van der Waals surface area contributed by atoms with Gasteiger partial charge in [0.1, 0.15) is 5.84 Å². The van der Waals surface area contributed by atoms with E-state index in [0.29, 0.717) is 0 Å². The lowest BCUT2D eigenvalue weighted by Crippen LogP contribution is -2.39. The molecule has 0 aromatic carbocycles. The van der Waals surface area contributed by atoms with E-state index in [1.54, 1.807) is 20.9 Å². The molecule has 0 aliphatic rings. The van der Waals surface area contributed by atoms with E-state index < -0.39 is 10.0 Å². The minimum Gasteiger partial charge on any atom is -0.409 e. The van der Waals surface area contributed by atoms with Crippen LogP contribution in [0.5, 0.6) is 0 Å². The predicted octanol–water partition coefficient (Wildman–Crippen LogP) is -0.187. The molecule has 19 heavy (non-hydrogen) atoms. The van der Waals surface area contributed by atoms with E-state index in [-0.39, 0.29) is 29.9 Å². The summed E-state index contributed by atoms with van der Waals surface area (Å²) in [5, 5.41) is 15.5. The van der Waals surface area contributed by atoms with Gasteiger partial charge < -0.3 is 10.9 Å². The maximum Gasteiger partial charge on any atom is 0.260 e. The molecule has 9 heteroatoms. The Balaban J connectivity index is 3.01. The molecule has 1 rings (SSSR count). The first-order chi connectivity index (χ1) is 8.84. The number of aromatic nitrogens is 2. The summed E-state index contributed by atoms with van der Waals surface area (Å²) in [7, 11) is -2.07. The monoisotopic (exact) mass is 289 g/mol. The summed E-state index contributed by atoms with van der Waals surface area (Å²) >= 11 is 0. The largest absolute Gasteiger partial charge is 0.409 e. The number of aryl methyl sites for hydroxylation is 1. The van der Waals surface area contributed by atoms with Crippen molar-refractivity contribution in [1.82, 2.24) is 14.1 Å². The molecule has 1 unspecified atom stereocenters. The summed E-state index contributed by atoms with van der Waals surface area (Å²) in [5.41, 5.74) is 5.47. The van der Waals surface area contributed by atoms with Gasteiger partial charge in [-0.15, -0.1) is 0 Å². The Hall–Kier alpha value is -1.61. The van der Waals surface area contributed by atoms with Crippen LogP contribution in [-0.4, -0.2) is 46.6 Å². The first kappa shape index (κ1) is 15.4. The number of nitrogens with zero attached hydrogens (tertiary/aromatic N) is 4. The number of sulfonamides is 1. The molecule has 0 spiro atoms.